The Morgan fingerprint density at radius 1 is 0.900 bits per heavy atom. The van der Waals surface area contributed by atoms with E-state index in [1.807, 2.05) is 18.2 Å². The molecule has 0 atom stereocenters. The van der Waals surface area contributed by atoms with Crippen LogP contribution in [-0.2, 0) is 17.8 Å². The first-order valence-electron chi connectivity index (χ1n) is 7.25. The van der Waals surface area contributed by atoms with E-state index >= 15 is 0 Å². The Morgan fingerprint density at radius 2 is 1.65 bits per heavy atom. The fourth-order valence-corrected chi connectivity index (χ4v) is 2.00. The van der Waals surface area contributed by atoms with Crippen LogP contribution in [0.4, 0.5) is 0 Å². The Morgan fingerprint density at radius 3 is 2.35 bits per heavy atom. The molecule has 0 bridgehead atoms. The molecule has 104 valence electrons. The first-order valence-corrected chi connectivity index (χ1v) is 7.25. The molecule has 2 rings (SSSR count). The van der Waals surface area contributed by atoms with Gasteiger partial charge in [0.05, 0.1) is 13.2 Å². The van der Waals surface area contributed by atoms with Crippen LogP contribution in [0.5, 0.6) is 0 Å². The third kappa shape index (κ3) is 5.02. The predicted molar refractivity (Wildman–Crippen MR) is 85.6 cm³/mol. The van der Waals surface area contributed by atoms with Crippen LogP contribution in [0.25, 0.3) is 6.08 Å². The van der Waals surface area contributed by atoms with E-state index in [4.69, 9.17) is 4.74 Å². The zero-order chi connectivity index (χ0) is 14.0. The fourth-order valence-electron chi connectivity index (χ4n) is 2.00. The van der Waals surface area contributed by atoms with Gasteiger partial charge in [-0.1, -0.05) is 73.7 Å². The van der Waals surface area contributed by atoms with Gasteiger partial charge in [0.1, 0.15) is 0 Å². The summed E-state index contributed by atoms with van der Waals surface area (Å²) in [4.78, 5) is 0. The summed E-state index contributed by atoms with van der Waals surface area (Å²) in [6.45, 7) is 3.63. The van der Waals surface area contributed by atoms with Crippen molar-refractivity contribution in [1.82, 2.24) is 0 Å². The van der Waals surface area contributed by atoms with Gasteiger partial charge in [-0.2, -0.15) is 0 Å². The van der Waals surface area contributed by atoms with Gasteiger partial charge in [0.2, 0.25) is 0 Å². The van der Waals surface area contributed by atoms with E-state index in [0.717, 1.165) is 19.4 Å². The van der Waals surface area contributed by atoms with Crippen molar-refractivity contribution in [3.8, 4) is 0 Å². The number of benzene rings is 2. The quantitative estimate of drug-likeness (QED) is 0.650. The van der Waals surface area contributed by atoms with Gasteiger partial charge in [0.25, 0.3) is 0 Å². The lowest BCUT2D eigenvalue weighted by Crippen LogP contribution is -1.93. The maximum absolute atomic E-state index is 5.64. The highest BCUT2D eigenvalue weighted by atomic mass is 16.5. The first kappa shape index (κ1) is 14.5. The smallest absolute Gasteiger partial charge is 0.0717 e. The minimum Gasteiger partial charge on any atom is -0.376 e. The molecule has 0 amide bonds. The van der Waals surface area contributed by atoms with E-state index in [0.29, 0.717) is 6.61 Å². The summed E-state index contributed by atoms with van der Waals surface area (Å²) in [6, 6.07) is 19.0. The van der Waals surface area contributed by atoms with Gasteiger partial charge in [-0.3, -0.25) is 0 Å². The van der Waals surface area contributed by atoms with E-state index < -0.39 is 0 Å². The molecule has 1 nitrogen and oxygen atoms in total. The first-order chi connectivity index (χ1) is 9.88. The standard InChI is InChI=1S/C19H22O/c1-2-17-11-13-18(14-12-17)8-6-7-15-20-16-19-9-4-3-5-10-19/h3-6,8-14H,2,7,15-16H2,1H3. The molecule has 0 unspecified atom stereocenters. The molecule has 0 N–H and O–H groups in total. The van der Waals surface area contributed by atoms with Crippen LogP contribution in [0, 0.1) is 0 Å². The van der Waals surface area contributed by atoms with Crippen molar-refractivity contribution in [3.05, 3.63) is 77.4 Å². The lowest BCUT2D eigenvalue weighted by atomic mass is 10.1. The summed E-state index contributed by atoms with van der Waals surface area (Å²) in [5, 5.41) is 0. The number of rotatable bonds is 7. The van der Waals surface area contributed by atoms with Crippen LogP contribution in [0.2, 0.25) is 0 Å². The van der Waals surface area contributed by atoms with E-state index in [1.54, 1.807) is 0 Å². The fraction of sp³-hybridized carbons (Fsp3) is 0.263. The molecule has 0 heterocycles. The summed E-state index contributed by atoms with van der Waals surface area (Å²) in [6.07, 6.45) is 6.37. The number of aryl methyl sites for hydroxylation is 1. The van der Waals surface area contributed by atoms with Gasteiger partial charge in [0.15, 0.2) is 0 Å². The number of hydrogen-bond acceptors (Lipinski definition) is 1. The maximum Gasteiger partial charge on any atom is 0.0717 e. The van der Waals surface area contributed by atoms with Crippen LogP contribution in [0.15, 0.2) is 60.7 Å². The van der Waals surface area contributed by atoms with Crippen molar-refractivity contribution >= 4 is 6.08 Å². The third-order valence-corrected chi connectivity index (χ3v) is 3.24. The predicted octanol–water partition coefficient (Wildman–Crippen LogP) is 4.87. The Hall–Kier alpha value is -1.86. The zero-order valence-corrected chi connectivity index (χ0v) is 12.1. The Labute approximate surface area is 121 Å². The highest BCUT2D eigenvalue weighted by Gasteiger charge is 1.91. The van der Waals surface area contributed by atoms with Gasteiger partial charge >= 0.3 is 0 Å². The zero-order valence-electron chi connectivity index (χ0n) is 12.1. The van der Waals surface area contributed by atoms with E-state index in [1.165, 1.54) is 16.7 Å². The summed E-state index contributed by atoms with van der Waals surface area (Å²) >= 11 is 0. The van der Waals surface area contributed by atoms with Crippen molar-refractivity contribution < 1.29 is 4.74 Å². The summed E-state index contributed by atoms with van der Waals surface area (Å²) in [7, 11) is 0. The molecule has 1 heteroatoms. The molecule has 0 aliphatic heterocycles. The second-order valence-corrected chi connectivity index (χ2v) is 4.82. The van der Waals surface area contributed by atoms with E-state index in [-0.39, 0.29) is 0 Å². The highest BCUT2D eigenvalue weighted by Crippen LogP contribution is 2.07. The van der Waals surface area contributed by atoms with Gasteiger partial charge in [-0.15, -0.1) is 0 Å². The largest absolute Gasteiger partial charge is 0.376 e. The summed E-state index contributed by atoms with van der Waals surface area (Å²) < 4.78 is 5.64. The van der Waals surface area contributed by atoms with Gasteiger partial charge in [-0.05, 0) is 29.5 Å². The molecule has 0 aliphatic carbocycles. The molecule has 0 aromatic heterocycles. The van der Waals surface area contributed by atoms with Crippen molar-refractivity contribution in [3.63, 3.8) is 0 Å². The third-order valence-electron chi connectivity index (χ3n) is 3.24. The van der Waals surface area contributed by atoms with E-state index in [9.17, 15) is 0 Å². The summed E-state index contributed by atoms with van der Waals surface area (Å²) in [5.41, 5.74) is 3.87. The monoisotopic (exact) mass is 266 g/mol. The van der Waals surface area contributed by atoms with E-state index in [2.05, 4.69) is 55.5 Å². The van der Waals surface area contributed by atoms with Crippen molar-refractivity contribution in [2.45, 2.75) is 26.4 Å². The van der Waals surface area contributed by atoms with Gasteiger partial charge in [-0.25, -0.2) is 0 Å². The van der Waals surface area contributed by atoms with Crippen molar-refractivity contribution in [2.24, 2.45) is 0 Å². The second kappa shape index (κ2) is 8.34. The maximum atomic E-state index is 5.64. The highest BCUT2D eigenvalue weighted by molar-refractivity contribution is 5.49. The van der Waals surface area contributed by atoms with Crippen LogP contribution in [0.1, 0.15) is 30.0 Å². The van der Waals surface area contributed by atoms with Crippen LogP contribution < -0.4 is 0 Å². The molecule has 0 spiro atoms. The molecule has 2 aromatic rings. The Bertz CT molecular complexity index is 511. The Kier molecular flexibility index (Phi) is 6.07. The minimum absolute atomic E-state index is 0.694. The van der Waals surface area contributed by atoms with Crippen LogP contribution >= 0.6 is 0 Å². The average molecular weight is 266 g/mol. The topological polar surface area (TPSA) is 9.23 Å². The average Bonchev–Trinajstić information content (AvgIpc) is 2.52. The lowest BCUT2D eigenvalue weighted by molar-refractivity contribution is 0.125. The molecule has 0 radical (unpaired) electrons. The molecular formula is C19H22O. The normalized spacial score (nSPS) is 11.1. The Balaban J connectivity index is 1.66. The molecule has 2 aromatic carbocycles. The SMILES string of the molecule is CCc1ccc(C=CCCOCc2ccccc2)cc1. The molecule has 0 aliphatic rings. The molecular weight excluding hydrogens is 244 g/mol. The minimum atomic E-state index is 0.694. The molecule has 0 fully saturated rings. The van der Waals surface area contributed by atoms with Gasteiger partial charge < -0.3 is 4.74 Å². The van der Waals surface area contributed by atoms with Gasteiger partial charge in [0, 0.05) is 0 Å². The van der Waals surface area contributed by atoms with Crippen molar-refractivity contribution in [2.75, 3.05) is 6.61 Å². The van der Waals surface area contributed by atoms with Crippen molar-refractivity contribution in [1.29, 1.82) is 0 Å². The van der Waals surface area contributed by atoms with Crippen LogP contribution in [0.3, 0.4) is 0 Å². The van der Waals surface area contributed by atoms with Crippen LogP contribution in [-0.4, -0.2) is 6.61 Å². The molecule has 0 saturated heterocycles. The summed E-state index contributed by atoms with van der Waals surface area (Å²) in [5.74, 6) is 0. The molecule has 0 saturated carbocycles. The lowest BCUT2D eigenvalue weighted by Gasteiger charge is -2.02. The number of hydrogen-bond donors (Lipinski definition) is 0. The molecule has 20 heavy (non-hydrogen) atoms. The number of ether oxygens (including phenoxy) is 1. The second-order valence-electron chi connectivity index (χ2n) is 4.82.